The van der Waals surface area contributed by atoms with Crippen molar-refractivity contribution in [2.45, 2.75) is 19.4 Å². The Bertz CT molecular complexity index is 480. The van der Waals surface area contributed by atoms with Crippen molar-refractivity contribution in [3.05, 3.63) is 27.7 Å². The van der Waals surface area contributed by atoms with Gasteiger partial charge in [-0.15, -0.1) is 12.3 Å². The van der Waals surface area contributed by atoms with Crippen molar-refractivity contribution in [3.8, 4) is 12.3 Å². The molecule has 1 rings (SSSR count). The van der Waals surface area contributed by atoms with Crippen molar-refractivity contribution in [3.63, 3.8) is 0 Å². The van der Waals surface area contributed by atoms with Crippen LogP contribution in [0.4, 0.5) is 5.69 Å². The van der Waals surface area contributed by atoms with Gasteiger partial charge >= 0.3 is 0 Å². The van der Waals surface area contributed by atoms with Gasteiger partial charge in [-0.25, -0.2) is 0 Å². The highest BCUT2D eigenvalue weighted by molar-refractivity contribution is 6.36. The van der Waals surface area contributed by atoms with Gasteiger partial charge in [0.25, 0.3) is 0 Å². The maximum atomic E-state index is 11.6. The zero-order valence-electron chi connectivity index (χ0n) is 9.26. The van der Waals surface area contributed by atoms with Crippen molar-refractivity contribution < 1.29 is 4.79 Å². The fourth-order valence-corrected chi connectivity index (χ4v) is 1.62. The molecule has 0 aliphatic heterocycles. The molecule has 0 spiro atoms. The lowest BCUT2D eigenvalue weighted by molar-refractivity contribution is -0.117. The number of carbonyl (C=O) groups is 1. The van der Waals surface area contributed by atoms with Gasteiger partial charge in [0, 0.05) is 11.4 Å². The van der Waals surface area contributed by atoms with Gasteiger partial charge in [0.15, 0.2) is 0 Å². The third-order valence-electron chi connectivity index (χ3n) is 2.18. The van der Waals surface area contributed by atoms with Crippen molar-refractivity contribution in [2.24, 2.45) is 5.73 Å². The van der Waals surface area contributed by atoms with Gasteiger partial charge in [-0.05, 0) is 24.6 Å². The smallest absolute Gasteiger partial charge is 0.242 e. The summed E-state index contributed by atoms with van der Waals surface area (Å²) in [5, 5.41) is 3.52. The first-order chi connectivity index (χ1) is 7.95. The second-order valence-corrected chi connectivity index (χ2v) is 4.40. The molecule has 0 aliphatic carbocycles. The SMILES string of the molecule is C#CCC(N)C(=O)Nc1cc(Cl)c(C)cc1Cl. The summed E-state index contributed by atoms with van der Waals surface area (Å²) in [7, 11) is 0. The molecule has 0 saturated carbocycles. The molecular weight excluding hydrogens is 259 g/mol. The lowest BCUT2D eigenvalue weighted by atomic mass is 10.2. The Morgan fingerprint density at radius 3 is 2.76 bits per heavy atom. The van der Waals surface area contributed by atoms with E-state index in [0.29, 0.717) is 15.7 Å². The predicted molar refractivity (Wildman–Crippen MR) is 71.3 cm³/mol. The number of carbonyl (C=O) groups excluding carboxylic acids is 1. The first-order valence-corrected chi connectivity index (χ1v) is 5.67. The van der Waals surface area contributed by atoms with E-state index in [1.165, 1.54) is 0 Å². The van der Waals surface area contributed by atoms with Gasteiger partial charge in [-0.3, -0.25) is 4.79 Å². The van der Waals surface area contributed by atoms with Crippen molar-refractivity contribution in [1.29, 1.82) is 0 Å². The van der Waals surface area contributed by atoms with Gasteiger partial charge in [-0.1, -0.05) is 23.2 Å². The van der Waals surface area contributed by atoms with Gasteiger partial charge in [0.1, 0.15) is 0 Å². The molecule has 0 aliphatic rings. The van der Waals surface area contributed by atoms with E-state index in [-0.39, 0.29) is 12.3 Å². The second kappa shape index (κ2) is 5.92. The molecule has 1 amide bonds. The molecule has 1 aromatic carbocycles. The van der Waals surface area contributed by atoms with Crippen LogP contribution < -0.4 is 11.1 Å². The number of nitrogens with one attached hydrogen (secondary N) is 1. The van der Waals surface area contributed by atoms with Crippen LogP contribution in [0.15, 0.2) is 12.1 Å². The highest BCUT2D eigenvalue weighted by atomic mass is 35.5. The maximum Gasteiger partial charge on any atom is 0.242 e. The topological polar surface area (TPSA) is 55.1 Å². The zero-order valence-corrected chi connectivity index (χ0v) is 10.8. The van der Waals surface area contributed by atoms with Crippen molar-refractivity contribution in [1.82, 2.24) is 0 Å². The molecule has 1 unspecified atom stereocenters. The Morgan fingerprint density at radius 2 is 2.18 bits per heavy atom. The highest BCUT2D eigenvalue weighted by Gasteiger charge is 2.14. The maximum absolute atomic E-state index is 11.6. The van der Waals surface area contributed by atoms with E-state index in [1.807, 2.05) is 6.92 Å². The average Bonchev–Trinajstić information content (AvgIpc) is 2.26. The largest absolute Gasteiger partial charge is 0.323 e. The Labute approximate surface area is 110 Å². The van der Waals surface area contributed by atoms with Crippen molar-refractivity contribution >= 4 is 34.8 Å². The minimum Gasteiger partial charge on any atom is -0.323 e. The Kier molecular flexibility index (Phi) is 4.83. The van der Waals surface area contributed by atoms with Crippen LogP contribution >= 0.6 is 23.2 Å². The van der Waals surface area contributed by atoms with E-state index in [0.717, 1.165) is 5.56 Å². The Balaban J connectivity index is 2.86. The minimum absolute atomic E-state index is 0.170. The number of nitrogens with two attached hydrogens (primary N) is 1. The third kappa shape index (κ3) is 3.64. The number of hydrogen-bond donors (Lipinski definition) is 2. The molecule has 1 atom stereocenters. The number of rotatable bonds is 3. The van der Waals surface area contributed by atoms with E-state index in [4.69, 9.17) is 35.4 Å². The van der Waals surface area contributed by atoms with Crippen LogP contribution in [-0.4, -0.2) is 11.9 Å². The summed E-state index contributed by atoms with van der Waals surface area (Å²) >= 11 is 11.9. The highest BCUT2D eigenvalue weighted by Crippen LogP contribution is 2.28. The quantitative estimate of drug-likeness (QED) is 0.830. The first-order valence-electron chi connectivity index (χ1n) is 4.91. The van der Waals surface area contributed by atoms with E-state index in [2.05, 4.69) is 11.2 Å². The molecule has 1 aromatic rings. The zero-order chi connectivity index (χ0) is 13.0. The van der Waals surface area contributed by atoms with E-state index in [1.54, 1.807) is 12.1 Å². The number of amides is 1. The standard InChI is InChI=1S/C12H12Cl2N2O/c1-3-4-10(15)12(17)16-11-6-8(13)7(2)5-9(11)14/h1,5-6,10H,4,15H2,2H3,(H,16,17). The first kappa shape index (κ1) is 13.9. The molecule has 17 heavy (non-hydrogen) atoms. The average molecular weight is 271 g/mol. The van der Waals surface area contributed by atoms with Crippen LogP contribution in [0.2, 0.25) is 10.0 Å². The fourth-order valence-electron chi connectivity index (χ4n) is 1.19. The van der Waals surface area contributed by atoms with Crippen LogP contribution in [-0.2, 0) is 4.79 Å². The Hall–Kier alpha value is -1.21. The van der Waals surface area contributed by atoms with Crippen LogP contribution in [0, 0.1) is 19.3 Å². The molecular formula is C12H12Cl2N2O. The van der Waals surface area contributed by atoms with E-state index < -0.39 is 6.04 Å². The van der Waals surface area contributed by atoms with Gasteiger partial charge in [-0.2, -0.15) is 0 Å². The minimum atomic E-state index is -0.754. The monoisotopic (exact) mass is 270 g/mol. The lowest BCUT2D eigenvalue weighted by Gasteiger charge is -2.12. The normalized spacial score (nSPS) is 11.7. The second-order valence-electron chi connectivity index (χ2n) is 3.59. The number of benzene rings is 1. The molecule has 3 N–H and O–H groups in total. The lowest BCUT2D eigenvalue weighted by Crippen LogP contribution is -2.35. The Morgan fingerprint density at radius 1 is 1.53 bits per heavy atom. The molecule has 90 valence electrons. The van der Waals surface area contributed by atoms with Gasteiger partial charge in [0.05, 0.1) is 16.8 Å². The molecule has 0 fully saturated rings. The summed E-state index contributed by atoms with van der Waals surface area (Å²) in [6, 6.07) is 2.50. The fraction of sp³-hybridized carbons (Fsp3) is 0.250. The van der Waals surface area contributed by atoms with E-state index >= 15 is 0 Å². The summed E-state index contributed by atoms with van der Waals surface area (Å²) < 4.78 is 0. The van der Waals surface area contributed by atoms with Crippen LogP contribution in [0.1, 0.15) is 12.0 Å². The molecule has 0 saturated heterocycles. The summed E-state index contributed by atoms with van der Waals surface area (Å²) in [4.78, 5) is 11.6. The third-order valence-corrected chi connectivity index (χ3v) is 2.90. The summed E-state index contributed by atoms with van der Waals surface area (Å²) in [6.45, 7) is 1.82. The molecule has 0 radical (unpaired) electrons. The van der Waals surface area contributed by atoms with Gasteiger partial charge < -0.3 is 11.1 Å². The summed E-state index contributed by atoms with van der Waals surface area (Å²) in [5.41, 5.74) is 6.83. The van der Waals surface area contributed by atoms with E-state index in [9.17, 15) is 4.79 Å². The molecule has 0 bridgehead atoms. The number of anilines is 1. The number of halogens is 2. The molecule has 0 aromatic heterocycles. The number of hydrogen-bond acceptors (Lipinski definition) is 2. The van der Waals surface area contributed by atoms with Crippen LogP contribution in [0.25, 0.3) is 0 Å². The van der Waals surface area contributed by atoms with Gasteiger partial charge in [0.2, 0.25) is 5.91 Å². The van der Waals surface area contributed by atoms with Crippen LogP contribution in [0.3, 0.4) is 0 Å². The number of aryl methyl sites for hydroxylation is 1. The van der Waals surface area contributed by atoms with Crippen molar-refractivity contribution in [2.75, 3.05) is 5.32 Å². The molecule has 3 nitrogen and oxygen atoms in total. The number of terminal acetylenes is 1. The predicted octanol–water partition coefficient (Wildman–Crippen LogP) is 2.59. The molecule has 0 heterocycles. The van der Waals surface area contributed by atoms with Crippen LogP contribution in [0.5, 0.6) is 0 Å². The molecule has 5 heteroatoms. The summed E-state index contributed by atoms with van der Waals surface area (Å²) in [6.07, 6.45) is 5.25. The summed E-state index contributed by atoms with van der Waals surface area (Å²) in [5.74, 6) is 1.94.